The third-order valence-electron chi connectivity index (χ3n) is 2.61. The lowest BCUT2D eigenvalue weighted by Crippen LogP contribution is -1.97. The fourth-order valence-corrected chi connectivity index (χ4v) is 1.87. The second-order valence-electron chi connectivity index (χ2n) is 3.61. The maximum atomic E-state index is 8.83. The van der Waals surface area contributed by atoms with Gasteiger partial charge >= 0.3 is 0 Å². The smallest absolute Gasteiger partial charge is 0.0704 e. The van der Waals surface area contributed by atoms with Crippen LogP contribution in [0.2, 0.25) is 0 Å². The van der Waals surface area contributed by atoms with Crippen molar-refractivity contribution >= 4 is 10.9 Å². The van der Waals surface area contributed by atoms with E-state index in [1.165, 1.54) is 10.9 Å². The maximum Gasteiger partial charge on any atom is 0.0704 e. The average molecular weight is 204 g/mol. The minimum atomic E-state index is 0.229. The van der Waals surface area contributed by atoms with Gasteiger partial charge in [-0.3, -0.25) is 4.68 Å². The topological polar surface area (TPSA) is 38.0 Å². The van der Waals surface area contributed by atoms with Crippen LogP contribution >= 0.6 is 0 Å². The zero-order valence-electron chi connectivity index (χ0n) is 8.98. The van der Waals surface area contributed by atoms with Gasteiger partial charge in [0.1, 0.15) is 0 Å². The van der Waals surface area contributed by atoms with Gasteiger partial charge in [-0.25, -0.2) is 0 Å². The molecule has 1 heterocycles. The van der Waals surface area contributed by atoms with Gasteiger partial charge in [-0.05, 0) is 25.8 Å². The number of hydrogen-bond acceptors (Lipinski definition) is 2. The number of aliphatic hydroxyl groups is 1. The summed E-state index contributed by atoms with van der Waals surface area (Å²) in [6, 6.07) is 8.26. The van der Waals surface area contributed by atoms with Crippen molar-refractivity contribution in [1.82, 2.24) is 9.78 Å². The number of benzene rings is 1. The Morgan fingerprint density at radius 2 is 2.13 bits per heavy atom. The van der Waals surface area contributed by atoms with E-state index in [0.717, 1.165) is 25.1 Å². The van der Waals surface area contributed by atoms with Gasteiger partial charge in [-0.15, -0.1) is 0 Å². The molecular formula is C12H16N2O. The van der Waals surface area contributed by atoms with E-state index >= 15 is 0 Å². The largest absolute Gasteiger partial charge is 0.396 e. The zero-order valence-corrected chi connectivity index (χ0v) is 8.98. The monoisotopic (exact) mass is 204 g/mol. The number of fused-ring (bicyclic) bond motifs is 1. The summed E-state index contributed by atoms with van der Waals surface area (Å²) in [6.07, 6.45) is 1.63. The SMILES string of the molecule is CCn1nc(CCCO)c2ccccc21. The van der Waals surface area contributed by atoms with Crippen LogP contribution in [0.1, 0.15) is 19.0 Å². The Bertz CT molecular complexity index is 448. The molecule has 15 heavy (non-hydrogen) atoms. The molecule has 1 aromatic carbocycles. The minimum Gasteiger partial charge on any atom is -0.396 e. The molecule has 1 N–H and O–H groups in total. The van der Waals surface area contributed by atoms with Crippen molar-refractivity contribution in [3.05, 3.63) is 30.0 Å². The highest BCUT2D eigenvalue weighted by molar-refractivity contribution is 5.81. The molecule has 0 bridgehead atoms. The van der Waals surface area contributed by atoms with Crippen LogP contribution in [0.3, 0.4) is 0 Å². The van der Waals surface area contributed by atoms with Crippen LogP contribution in [0.25, 0.3) is 10.9 Å². The van der Waals surface area contributed by atoms with E-state index in [1.54, 1.807) is 0 Å². The van der Waals surface area contributed by atoms with Crippen molar-refractivity contribution in [2.45, 2.75) is 26.3 Å². The van der Waals surface area contributed by atoms with Gasteiger partial charge < -0.3 is 5.11 Å². The lowest BCUT2D eigenvalue weighted by Gasteiger charge is -1.95. The predicted octanol–water partition coefficient (Wildman–Crippen LogP) is 1.98. The van der Waals surface area contributed by atoms with Crippen LogP contribution in [-0.4, -0.2) is 21.5 Å². The van der Waals surface area contributed by atoms with E-state index in [4.69, 9.17) is 5.11 Å². The van der Waals surface area contributed by atoms with E-state index in [2.05, 4.69) is 24.2 Å². The Morgan fingerprint density at radius 3 is 2.87 bits per heavy atom. The number of para-hydroxylation sites is 1. The first-order valence-electron chi connectivity index (χ1n) is 5.42. The van der Waals surface area contributed by atoms with Gasteiger partial charge in [0, 0.05) is 18.5 Å². The molecule has 80 valence electrons. The molecule has 3 nitrogen and oxygen atoms in total. The van der Waals surface area contributed by atoms with Crippen LogP contribution in [0.15, 0.2) is 24.3 Å². The van der Waals surface area contributed by atoms with E-state index in [-0.39, 0.29) is 6.61 Å². The molecule has 0 fully saturated rings. The van der Waals surface area contributed by atoms with Gasteiger partial charge in [0.15, 0.2) is 0 Å². The van der Waals surface area contributed by atoms with Crippen molar-refractivity contribution in [2.75, 3.05) is 6.61 Å². The van der Waals surface area contributed by atoms with Crippen LogP contribution < -0.4 is 0 Å². The summed E-state index contributed by atoms with van der Waals surface area (Å²) in [5, 5.41) is 14.6. The Kier molecular flexibility index (Phi) is 3.02. The van der Waals surface area contributed by atoms with Crippen LogP contribution in [-0.2, 0) is 13.0 Å². The normalized spacial score (nSPS) is 11.1. The highest BCUT2D eigenvalue weighted by Crippen LogP contribution is 2.19. The molecule has 3 heteroatoms. The number of aliphatic hydroxyl groups excluding tert-OH is 1. The predicted molar refractivity (Wildman–Crippen MR) is 60.8 cm³/mol. The summed E-state index contributed by atoms with van der Waals surface area (Å²) in [7, 11) is 0. The van der Waals surface area contributed by atoms with Gasteiger partial charge in [0.05, 0.1) is 11.2 Å². The van der Waals surface area contributed by atoms with Gasteiger partial charge in [0.2, 0.25) is 0 Å². The number of aromatic nitrogens is 2. The highest BCUT2D eigenvalue weighted by atomic mass is 16.2. The minimum absolute atomic E-state index is 0.229. The zero-order chi connectivity index (χ0) is 10.7. The number of nitrogens with zero attached hydrogens (tertiary/aromatic N) is 2. The Labute approximate surface area is 89.3 Å². The van der Waals surface area contributed by atoms with Crippen molar-refractivity contribution in [1.29, 1.82) is 0 Å². The summed E-state index contributed by atoms with van der Waals surface area (Å²) < 4.78 is 2.02. The number of rotatable bonds is 4. The summed E-state index contributed by atoms with van der Waals surface area (Å²) in [4.78, 5) is 0. The summed E-state index contributed by atoms with van der Waals surface area (Å²) in [6.45, 7) is 3.21. The molecule has 0 unspecified atom stereocenters. The van der Waals surface area contributed by atoms with Crippen molar-refractivity contribution in [2.24, 2.45) is 0 Å². The first-order chi connectivity index (χ1) is 7.36. The van der Waals surface area contributed by atoms with E-state index < -0.39 is 0 Å². The molecule has 0 spiro atoms. The number of aryl methyl sites for hydroxylation is 2. The Morgan fingerprint density at radius 1 is 1.33 bits per heavy atom. The van der Waals surface area contributed by atoms with E-state index in [0.29, 0.717) is 0 Å². The highest BCUT2D eigenvalue weighted by Gasteiger charge is 2.07. The van der Waals surface area contributed by atoms with Crippen LogP contribution in [0, 0.1) is 0 Å². The Hall–Kier alpha value is -1.35. The van der Waals surface area contributed by atoms with E-state index in [1.807, 2.05) is 16.8 Å². The summed E-state index contributed by atoms with van der Waals surface area (Å²) in [5.74, 6) is 0. The fourth-order valence-electron chi connectivity index (χ4n) is 1.87. The van der Waals surface area contributed by atoms with Crippen LogP contribution in [0.4, 0.5) is 0 Å². The van der Waals surface area contributed by atoms with Gasteiger partial charge in [0.25, 0.3) is 0 Å². The second kappa shape index (κ2) is 4.45. The molecule has 0 saturated carbocycles. The quantitative estimate of drug-likeness (QED) is 0.827. The van der Waals surface area contributed by atoms with Gasteiger partial charge in [-0.2, -0.15) is 5.10 Å². The molecule has 2 rings (SSSR count). The molecule has 0 aliphatic rings. The molecule has 0 saturated heterocycles. The number of hydrogen-bond donors (Lipinski definition) is 1. The summed E-state index contributed by atoms with van der Waals surface area (Å²) >= 11 is 0. The van der Waals surface area contributed by atoms with Crippen molar-refractivity contribution < 1.29 is 5.11 Å². The van der Waals surface area contributed by atoms with E-state index in [9.17, 15) is 0 Å². The molecule has 0 aliphatic heterocycles. The lowest BCUT2D eigenvalue weighted by molar-refractivity contribution is 0.288. The first-order valence-corrected chi connectivity index (χ1v) is 5.42. The third kappa shape index (κ3) is 1.88. The van der Waals surface area contributed by atoms with Crippen molar-refractivity contribution in [3.63, 3.8) is 0 Å². The molecule has 0 aliphatic carbocycles. The average Bonchev–Trinajstić information content (AvgIpc) is 2.65. The molecule has 0 radical (unpaired) electrons. The first kappa shape index (κ1) is 10.2. The van der Waals surface area contributed by atoms with Crippen molar-refractivity contribution in [3.8, 4) is 0 Å². The van der Waals surface area contributed by atoms with Crippen LogP contribution in [0.5, 0.6) is 0 Å². The molecule has 1 aromatic heterocycles. The summed E-state index contributed by atoms with van der Waals surface area (Å²) in [5.41, 5.74) is 2.29. The molecule has 2 aromatic rings. The van der Waals surface area contributed by atoms with Gasteiger partial charge in [-0.1, -0.05) is 18.2 Å². The molecule has 0 atom stereocenters. The lowest BCUT2D eigenvalue weighted by atomic mass is 10.1. The third-order valence-corrected chi connectivity index (χ3v) is 2.61. The maximum absolute atomic E-state index is 8.83. The molecule has 0 amide bonds. The molecular weight excluding hydrogens is 188 g/mol. The Balaban J connectivity index is 2.45. The second-order valence-corrected chi connectivity index (χ2v) is 3.61. The fraction of sp³-hybridized carbons (Fsp3) is 0.417. The standard InChI is InChI=1S/C12H16N2O/c1-2-14-12-8-4-3-6-10(12)11(13-14)7-5-9-15/h3-4,6,8,15H,2,5,7,9H2,1H3.